The summed E-state index contributed by atoms with van der Waals surface area (Å²) in [5.74, 6) is 0.901. The van der Waals surface area contributed by atoms with Gasteiger partial charge in [0.15, 0.2) is 5.11 Å². The molecule has 0 saturated heterocycles. The monoisotopic (exact) mass is 494 g/mol. The Balaban J connectivity index is 1.52. The molecule has 0 radical (unpaired) electrons. The highest BCUT2D eigenvalue weighted by Crippen LogP contribution is 2.32. The largest absolute Gasteiger partial charge is 0.490 e. The molecule has 1 amide bonds. The zero-order valence-electron chi connectivity index (χ0n) is 16.0. The number of hydrogen-bond donors (Lipinski definition) is 2. The molecule has 3 aromatic rings. The van der Waals surface area contributed by atoms with E-state index in [-0.39, 0.29) is 5.11 Å². The number of halogens is 3. The highest BCUT2D eigenvalue weighted by Gasteiger charge is 2.12. The first-order chi connectivity index (χ1) is 14.9. The Hall–Kier alpha value is -2.51. The second kappa shape index (κ2) is 11.2. The van der Waals surface area contributed by atoms with Gasteiger partial charge in [-0.1, -0.05) is 59.1 Å². The van der Waals surface area contributed by atoms with E-state index in [0.717, 1.165) is 5.75 Å². The molecule has 0 atom stereocenters. The van der Waals surface area contributed by atoms with Crippen molar-refractivity contribution in [3.63, 3.8) is 0 Å². The van der Waals surface area contributed by atoms with Crippen molar-refractivity contribution in [3.05, 3.63) is 87.4 Å². The van der Waals surface area contributed by atoms with E-state index in [9.17, 15) is 4.79 Å². The number of para-hydroxylation sites is 1. The van der Waals surface area contributed by atoms with Crippen LogP contribution < -0.4 is 20.1 Å². The minimum absolute atomic E-state index is 0.0628. The second-order valence-electron chi connectivity index (χ2n) is 6.19. The summed E-state index contributed by atoms with van der Waals surface area (Å²) in [6, 6.07) is 19.2. The fourth-order valence-corrected chi connectivity index (χ4v) is 3.31. The third-order valence-electron chi connectivity index (χ3n) is 3.95. The quantitative estimate of drug-likeness (QED) is 0.231. The summed E-state index contributed by atoms with van der Waals surface area (Å²) in [5, 5.41) is 6.42. The molecule has 0 aromatic heterocycles. The number of anilines is 1. The first kappa shape index (κ1) is 23.2. The van der Waals surface area contributed by atoms with Gasteiger partial charge in [-0.2, -0.15) is 0 Å². The Labute approximate surface area is 200 Å². The smallest absolute Gasteiger partial charge is 0.257 e. The van der Waals surface area contributed by atoms with E-state index in [2.05, 4.69) is 10.6 Å². The van der Waals surface area contributed by atoms with Crippen LogP contribution in [0.4, 0.5) is 5.69 Å². The van der Waals surface area contributed by atoms with Gasteiger partial charge in [0.2, 0.25) is 0 Å². The normalized spacial score (nSPS) is 10.3. The summed E-state index contributed by atoms with van der Waals surface area (Å²) < 4.78 is 11.2. The minimum atomic E-state index is -0.403. The number of carbonyl (C=O) groups excluding carboxylic acids is 1. The molecule has 0 aliphatic carbocycles. The minimum Gasteiger partial charge on any atom is -0.490 e. The maximum Gasteiger partial charge on any atom is 0.257 e. The van der Waals surface area contributed by atoms with Gasteiger partial charge in [0.25, 0.3) is 5.91 Å². The fourth-order valence-electron chi connectivity index (χ4n) is 2.51. The van der Waals surface area contributed by atoms with Gasteiger partial charge in [-0.15, -0.1) is 0 Å². The Morgan fingerprint density at radius 1 is 0.806 bits per heavy atom. The lowest BCUT2D eigenvalue weighted by molar-refractivity contribution is 0.0977. The van der Waals surface area contributed by atoms with E-state index in [0.29, 0.717) is 45.3 Å². The molecule has 0 saturated carbocycles. The van der Waals surface area contributed by atoms with Crippen molar-refractivity contribution in [3.8, 4) is 11.5 Å². The predicted molar refractivity (Wildman–Crippen MR) is 129 cm³/mol. The van der Waals surface area contributed by atoms with E-state index < -0.39 is 5.91 Å². The number of thiocarbonyl (C=S) groups is 1. The van der Waals surface area contributed by atoms with Crippen LogP contribution in [-0.2, 0) is 0 Å². The molecular formula is C22H17Cl3N2O3S. The zero-order chi connectivity index (χ0) is 22.2. The number of ether oxygens (including phenoxy) is 2. The van der Waals surface area contributed by atoms with Gasteiger partial charge in [-0.25, -0.2) is 0 Å². The van der Waals surface area contributed by atoms with Crippen LogP contribution in [0.15, 0.2) is 66.7 Å². The lowest BCUT2D eigenvalue weighted by Crippen LogP contribution is -2.34. The summed E-state index contributed by atoms with van der Waals surface area (Å²) in [6.45, 7) is 0.703. The van der Waals surface area contributed by atoms with Crippen LogP contribution >= 0.6 is 47.0 Å². The first-order valence-corrected chi connectivity index (χ1v) is 10.6. The third kappa shape index (κ3) is 7.01. The van der Waals surface area contributed by atoms with Crippen LogP contribution in [0.25, 0.3) is 0 Å². The molecule has 3 rings (SSSR count). The van der Waals surface area contributed by atoms with E-state index in [1.54, 1.807) is 24.3 Å². The van der Waals surface area contributed by atoms with Gasteiger partial charge in [-0.3, -0.25) is 10.1 Å². The molecule has 0 spiro atoms. The molecule has 31 heavy (non-hydrogen) atoms. The van der Waals surface area contributed by atoms with Crippen LogP contribution in [0.2, 0.25) is 15.1 Å². The van der Waals surface area contributed by atoms with Crippen LogP contribution in [0.5, 0.6) is 11.5 Å². The lowest BCUT2D eigenvalue weighted by atomic mass is 10.2. The predicted octanol–water partition coefficient (Wildman–Crippen LogP) is 6.23. The third-order valence-corrected chi connectivity index (χ3v) is 5.18. The van der Waals surface area contributed by atoms with E-state index in [1.807, 2.05) is 30.3 Å². The fraction of sp³-hybridized carbons (Fsp3) is 0.0909. The standard InChI is InChI=1S/C22H17Cl3N2O3S/c23-17-12-19(25)20(13-18(17)24)26-22(31)27-21(28)14-5-4-8-16(11-14)30-10-9-29-15-6-2-1-3-7-15/h1-8,11-13H,9-10H2,(H2,26,27,28,31). The van der Waals surface area contributed by atoms with Crippen LogP contribution in [0, 0.1) is 0 Å². The second-order valence-corrected chi connectivity index (χ2v) is 7.82. The summed E-state index contributed by atoms with van der Waals surface area (Å²) >= 11 is 23.2. The van der Waals surface area contributed by atoms with E-state index in [1.165, 1.54) is 12.1 Å². The number of carbonyl (C=O) groups is 1. The van der Waals surface area contributed by atoms with Gasteiger partial charge < -0.3 is 14.8 Å². The molecule has 3 aromatic carbocycles. The molecule has 0 fully saturated rings. The molecule has 0 aliphatic rings. The van der Waals surface area contributed by atoms with Gasteiger partial charge >= 0.3 is 0 Å². The summed E-state index contributed by atoms with van der Waals surface area (Å²) in [4.78, 5) is 12.5. The van der Waals surface area contributed by atoms with Crippen LogP contribution in [-0.4, -0.2) is 24.2 Å². The van der Waals surface area contributed by atoms with Gasteiger partial charge in [0.05, 0.1) is 20.8 Å². The topological polar surface area (TPSA) is 59.6 Å². The Morgan fingerprint density at radius 2 is 1.45 bits per heavy atom. The molecule has 5 nitrogen and oxygen atoms in total. The average Bonchev–Trinajstić information content (AvgIpc) is 2.76. The summed E-state index contributed by atoms with van der Waals surface area (Å²) in [6.07, 6.45) is 0. The Morgan fingerprint density at radius 3 is 2.19 bits per heavy atom. The molecule has 0 bridgehead atoms. The number of nitrogens with one attached hydrogen (secondary N) is 2. The maximum absolute atomic E-state index is 12.5. The van der Waals surface area contributed by atoms with Gasteiger partial charge in [0.1, 0.15) is 24.7 Å². The van der Waals surface area contributed by atoms with Crippen molar-refractivity contribution in [2.75, 3.05) is 18.5 Å². The average molecular weight is 496 g/mol. The lowest BCUT2D eigenvalue weighted by Gasteiger charge is -2.12. The highest BCUT2D eigenvalue weighted by atomic mass is 35.5. The molecule has 0 unspecified atom stereocenters. The van der Waals surface area contributed by atoms with Crippen molar-refractivity contribution in [1.82, 2.24) is 5.32 Å². The van der Waals surface area contributed by atoms with Crippen molar-refractivity contribution >= 4 is 63.7 Å². The van der Waals surface area contributed by atoms with E-state index in [4.69, 9.17) is 56.5 Å². The SMILES string of the molecule is O=C(NC(=S)Nc1cc(Cl)c(Cl)cc1Cl)c1cccc(OCCOc2ccccc2)c1. The Bertz CT molecular complexity index is 1080. The van der Waals surface area contributed by atoms with Crippen molar-refractivity contribution in [2.24, 2.45) is 0 Å². The van der Waals surface area contributed by atoms with E-state index >= 15 is 0 Å². The van der Waals surface area contributed by atoms with Crippen molar-refractivity contribution in [1.29, 1.82) is 0 Å². The number of rotatable bonds is 7. The van der Waals surface area contributed by atoms with Crippen molar-refractivity contribution in [2.45, 2.75) is 0 Å². The summed E-state index contributed by atoms with van der Waals surface area (Å²) in [7, 11) is 0. The summed E-state index contributed by atoms with van der Waals surface area (Å²) in [5.41, 5.74) is 0.808. The van der Waals surface area contributed by atoms with Gasteiger partial charge in [-0.05, 0) is 54.7 Å². The van der Waals surface area contributed by atoms with Crippen molar-refractivity contribution < 1.29 is 14.3 Å². The van der Waals surface area contributed by atoms with Crippen LogP contribution in [0.3, 0.4) is 0 Å². The molecule has 160 valence electrons. The van der Waals surface area contributed by atoms with Crippen LogP contribution in [0.1, 0.15) is 10.4 Å². The Kier molecular flexibility index (Phi) is 8.37. The number of amides is 1. The van der Waals surface area contributed by atoms with Gasteiger partial charge in [0, 0.05) is 5.56 Å². The zero-order valence-corrected chi connectivity index (χ0v) is 19.1. The molecule has 0 aliphatic heterocycles. The number of hydrogen-bond acceptors (Lipinski definition) is 4. The molecular weight excluding hydrogens is 479 g/mol. The highest BCUT2D eigenvalue weighted by molar-refractivity contribution is 7.80. The molecule has 0 heterocycles. The first-order valence-electron chi connectivity index (χ1n) is 9.10. The number of benzene rings is 3. The molecule has 9 heteroatoms. The maximum atomic E-state index is 12.5. The molecule has 2 N–H and O–H groups in total.